The maximum atomic E-state index is 13.5. The van der Waals surface area contributed by atoms with Gasteiger partial charge in [-0.2, -0.15) is 13.2 Å². The molecule has 0 aromatic heterocycles. The number of carbonyl (C=O) groups is 1. The molecule has 1 aliphatic heterocycles. The largest absolute Gasteiger partial charge is 0.462 e. The average molecular weight is 348 g/mol. The molecule has 24 heavy (non-hydrogen) atoms. The maximum absolute atomic E-state index is 13.5. The van der Waals surface area contributed by atoms with Gasteiger partial charge in [0, 0.05) is 5.92 Å². The molecule has 1 saturated carbocycles. The molecule has 0 aromatic carbocycles. The van der Waals surface area contributed by atoms with Crippen LogP contribution in [0.5, 0.6) is 0 Å². The van der Waals surface area contributed by atoms with Gasteiger partial charge in [-0.1, -0.05) is 38.8 Å². The van der Waals surface area contributed by atoms with Crippen molar-refractivity contribution in [2.75, 3.05) is 0 Å². The number of allylic oxidation sites excluding steroid dienone is 1. The summed E-state index contributed by atoms with van der Waals surface area (Å²) in [6.45, 7) is 4.92. The quantitative estimate of drug-likeness (QED) is 0.577. The molecule has 0 bridgehead atoms. The van der Waals surface area contributed by atoms with Crippen molar-refractivity contribution in [2.45, 2.75) is 71.3 Å². The zero-order chi connectivity index (χ0) is 18.1. The van der Waals surface area contributed by atoms with Gasteiger partial charge in [0.2, 0.25) is 0 Å². The number of carbonyl (C=O) groups excluding carboxylic acids is 1. The molecule has 6 atom stereocenters. The van der Waals surface area contributed by atoms with Crippen LogP contribution in [-0.2, 0) is 9.53 Å². The Morgan fingerprint density at radius 2 is 2.08 bits per heavy atom. The number of fused-ring (bicyclic) bond motifs is 1. The number of halogens is 3. The molecule has 6 heteroatoms. The van der Waals surface area contributed by atoms with Crippen LogP contribution < -0.4 is 0 Å². The number of hydrogen-bond acceptors (Lipinski definition) is 3. The molecule has 0 radical (unpaired) electrons. The summed E-state index contributed by atoms with van der Waals surface area (Å²) in [5.41, 5.74) is -2.15. The summed E-state index contributed by atoms with van der Waals surface area (Å²) >= 11 is 0. The Morgan fingerprint density at radius 1 is 1.42 bits per heavy atom. The zero-order valence-electron chi connectivity index (χ0n) is 14.5. The fourth-order valence-corrected chi connectivity index (χ4v) is 3.96. The molecule has 1 N–H and O–H groups in total. The highest BCUT2D eigenvalue weighted by atomic mass is 19.4. The van der Waals surface area contributed by atoms with E-state index in [9.17, 15) is 23.1 Å². The van der Waals surface area contributed by atoms with Gasteiger partial charge in [0.05, 0.1) is 17.9 Å². The number of esters is 1. The summed E-state index contributed by atoms with van der Waals surface area (Å²) in [5, 5.41) is 10.3. The van der Waals surface area contributed by atoms with Crippen LogP contribution in [0.4, 0.5) is 13.2 Å². The number of aliphatic hydroxyl groups is 1. The van der Waals surface area contributed by atoms with Crippen molar-refractivity contribution in [3.05, 3.63) is 12.2 Å². The third-order valence-electron chi connectivity index (χ3n) is 5.78. The molecule has 2 aliphatic rings. The molecule has 3 nitrogen and oxygen atoms in total. The summed E-state index contributed by atoms with van der Waals surface area (Å²) in [5.74, 6) is -0.0215. The summed E-state index contributed by atoms with van der Waals surface area (Å²) in [6.07, 6.45) is -1.23. The number of hydrogen-bond donors (Lipinski definition) is 1. The molecule has 0 amide bonds. The number of aliphatic hydroxyl groups excluding tert-OH is 1. The van der Waals surface area contributed by atoms with Crippen LogP contribution >= 0.6 is 0 Å². The van der Waals surface area contributed by atoms with Gasteiger partial charge in [-0.15, -0.1) is 0 Å². The van der Waals surface area contributed by atoms with Gasteiger partial charge in [0.1, 0.15) is 6.10 Å². The number of unbranched alkanes of at least 4 members (excludes halogenated alkanes) is 1. The van der Waals surface area contributed by atoms with E-state index in [1.54, 1.807) is 6.08 Å². The molecule has 1 saturated heterocycles. The summed E-state index contributed by atoms with van der Waals surface area (Å²) < 4.78 is 45.6. The molecule has 1 heterocycles. The molecule has 1 aliphatic carbocycles. The lowest BCUT2D eigenvalue weighted by molar-refractivity contribution is -0.244. The normalized spacial score (nSPS) is 34.2. The third-order valence-corrected chi connectivity index (χ3v) is 5.78. The van der Waals surface area contributed by atoms with Crippen molar-refractivity contribution in [3.63, 3.8) is 0 Å². The molecule has 2 fully saturated rings. The SMILES string of the molecule is CCCCC(C)(C(O)/C=C/C1C(C)CC2OC(=O)CC21)C(F)(F)F. The van der Waals surface area contributed by atoms with Crippen LogP contribution in [-0.4, -0.2) is 29.5 Å². The summed E-state index contributed by atoms with van der Waals surface area (Å²) in [6, 6.07) is 0. The van der Waals surface area contributed by atoms with E-state index in [1.807, 2.05) is 13.8 Å². The average Bonchev–Trinajstić information content (AvgIpc) is 2.96. The van der Waals surface area contributed by atoms with Gasteiger partial charge in [-0.05, 0) is 31.6 Å². The van der Waals surface area contributed by atoms with E-state index in [0.717, 1.165) is 13.3 Å². The van der Waals surface area contributed by atoms with Gasteiger partial charge >= 0.3 is 12.1 Å². The second-order valence-electron chi connectivity index (χ2n) is 7.54. The van der Waals surface area contributed by atoms with E-state index < -0.39 is 17.7 Å². The third kappa shape index (κ3) is 3.63. The Balaban J connectivity index is 2.12. The van der Waals surface area contributed by atoms with Crippen molar-refractivity contribution in [2.24, 2.45) is 23.2 Å². The number of ether oxygens (including phenoxy) is 1. The van der Waals surface area contributed by atoms with Crippen molar-refractivity contribution < 1.29 is 27.8 Å². The topological polar surface area (TPSA) is 46.5 Å². The number of rotatable bonds is 6. The first-order valence-corrected chi connectivity index (χ1v) is 8.72. The Bertz CT molecular complexity index is 488. The molecule has 2 rings (SSSR count). The van der Waals surface area contributed by atoms with Crippen LogP contribution in [0.3, 0.4) is 0 Å². The second kappa shape index (κ2) is 7.06. The summed E-state index contributed by atoms with van der Waals surface area (Å²) in [7, 11) is 0. The minimum atomic E-state index is -4.47. The minimum Gasteiger partial charge on any atom is -0.462 e. The van der Waals surface area contributed by atoms with Crippen molar-refractivity contribution >= 4 is 5.97 Å². The van der Waals surface area contributed by atoms with Gasteiger partial charge in [-0.3, -0.25) is 4.79 Å². The highest BCUT2D eigenvalue weighted by Crippen LogP contribution is 2.47. The van der Waals surface area contributed by atoms with E-state index in [4.69, 9.17) is 4.74 Å². The maximum Gasteiger partial charge on any atom is 0.397 e. The second-order valence-corrected chi connectivity index (χ2v) is 7.54. The van der Waals surface area contributed by atoms with E-state index in [1.165, 1.54) is 6.08 Å². The molecule has 0 aromatic rings. The first kappa shape index (κ1) is 19.3. The van der Waals surface area contributed by atoms with E-state index in [-0.39, 0.29) is 36.2 Å². The van der Waals surface area contributed by atoms with E-state index in [2.05, 4.69) is 0 Å². The molecule has 138 valence electrons. The minimum absolute atomic E-state index is 0.0173. The van der Waals surface area contributed by atoms with Crippen molar-refractivity contribution in [1.82, 2.24) is 0 Å². The summed E-state index contributed by atoms with van der Waals surface area (Å²) in [4.78, 5) is 11.4. The fourth-order valence-electron chi connectivity index (χ4n) is 3.96. The standard InChI is InChI=1S/C18H27F3O3/c1-4-5-8-17(3,18(19,20)21)15(22)7-6-12-11(2)9-14-13(12)10-16(23)24-14/h6-7,11-15,22H,4-5,8-10H2,1-3H3/b7-6+. The fraction of sp³-hybridized carbons (Fsp3) is 0.833. The van der Waals surface area contributed by atoms with Crippen molar-refractivity contribution in [3.8, 4) is 0 Å². The molecule has 6 unspecified atom stereocenters. The Kier molecular flexibility index (Phi) is 5.68. The molecule has 0 spiro atoms. The lowest BCUT2D eigenvalue weighted by Crippen LogP contribution is -2.44. The van der Waals surface area contributed by atoms with Gasteiger partial charge in [-0.25, -0.2) is 0 Å². The smallest absolute Gasteiger partial charge is 0.397 e. The highest BCUT2D eigenvalue weighted by Gasteiger charge is 2.54. The first-order valence-electron chi connectivity index (χ1n) is 8.72. The highest BCUT2D eigenvalue weighted by molar-refractivity contribution is 5.72. The molecular formula is C18H27F3O3. The van der Waals surface area contributed by atoms with Crippen LogP contribution in [0.1, 0.15) is 52.9 Å². The lowest BCUT2D eigenvalue weighted by Gasteiger charge is -2.35. The van der Waals surface area contributed by atoms with Crippen LogP contribution in [0.25, 0.3) is 0 Å². The Labute approximate surface area is 141 Å². The monoisotopic (exact) mass is 348 g/mol. The predicted molar refractivity (Wildman–Crippen MR) is 84.1 cm³/mol. The van der Waals surface area contributed by atoms with Crippen LogP contribution in [0.2, 0.25) is 0 Å². The van der Waals surface area contributed by atoms with E-state index >= 15 is 0 Å². The van der Waals surface area contributed by atoms with Gasteiger partial charge in [0.15, 0.2) is 0 Å². The molecular weight excluding hydrogens is 321 g/mol. The van der Waals surface area contributed by atoms with Crippen LogP contribution in [0.15, 0.2) is 12.2 Å². The lowest BCUT2D eigenvalue weighted by atomic mass is 9.77. The first-order chi connectivity index (χ1) is 11.1. The predicted octanol–water partition coefficient (Wildman–Crippen LogP) is 4.25. The Morgan fingerprint density at radius 3 is 2.67 bits per heavy atom. The van der Waals surface area contributed by atoms with Gasteiger partial charge in [0.25, 0.3) is 0 Å². The van der Waals surface area contributed by atoms with Crippen molar-refractivity contribution in [1.29, 1.82) is 0 Å². The van der Waals surface area contributed by atoms with E-state index in [0.29, 0.717) is 19.3 Å². The van der Waals surface area contributed by atoms with Crippen LogP contribution in [0, 0.1) is 23.2 Å². The zero-order valence-corrected chi connectivity index (χ0v) is 14.5. The number of alkyl halides is 3. The van der Waals surface area contributed by atoms with Gasteiger partial charge < -0.3 is 9.84 Å². The Hall–Kier alpha value is -1.04.